The highest BCUT2D eigenvalue weighted by atomic mass is 16.3. The number of rotatable bonds is 2. The lowest BCUT2D eigenvalue weighted by atomic mass is 9.74. The summed E-state index contributed by atoms with van der Waals surface area (Å²) in [5, 5.41) is 10.3. The molecular formula is C13H25NO. The van der Waals surface area contributed by atoms with Gasteiger partial charge in [0, 0.05) is 6.04 Å². The Bertz CT molecular complexity index is 181. The summed E-state index contributed by atoms with van der Waals surface area (Å²) >= 11 is 0. The zero-order valence-corrected chi connectivity index (χ0v) is 9.70. The number of aliphatic hydroxyl groups is 1. The predicted octanol–water partition coefficient (Wildman–Crippen LogP) is 2.45. The second-order valence-corrected chi connectivity index (χ2v) is 5.56. The van der Waals surface area contributed by atoms with Crippen LogP contribution >= 0.6 is 0 Å². The molecule has 2 rings (SSSR count). The van der Waals surface area contributed by atoms with Gasteiger partial charge in [0.15, 0.2) is 0 Å². The molecule has 3 N–H and O–H groups in total. The molecule has 1 atom stereocenters. The fourth-order valence-corrected chi connectivity index (χ4v) is 3.35. The van der Waals surface area contributed by atoms with E-state index in [0.29, 0.717) is 17.9 Å². The Hall–Kier alpha value is -0.0800. The van der Waals surface area contributed by atoms with Gasteiger partial charge < -0.3 is 10.8 Å². The first-order valence-corrected chi connectivity index (χ1v) is 6.71. The number of nitrogens with two attached hydrogens (primary N) is 1. The Morgan fingerprint density at radius 3 is 1.93 bits per heavy atom. The molecule has 0 aromatic heterocycles. The second-order valence-electron chi connectivity index (χ2n) is 5.56. The molecule has 2 saturated carbocycles. The highest BCUT2D eigenvalue weighted by Gasteiger charge is 2.31. The van der Waals surface area contributed by atoms with Crippen molar-refractivity contribution in [3.8, 4) is 0 Å². The molecule has 2 aliphatic carbocycles. The van der Waals surface area contributed by atoms with Gasteiger partial charge in [0.25, 0.3) is 0 Å². The van der Waals surface area contributed by atoms with Gasteiger partial charge in [-0.3, -0.25) is 0 Å². The van der Waals surface area contributed by atoms with Gasteiger partial charge in [-0.25, -0.2) is 0 Å². The first-order valence-electron chi connectivity index (χ1n) is 6.71. The average molecular weight is 211 g/mol. The summed E-state index contributed by atoms with van der Waals surface area (Å²) in [5.74, 6) is 1.14. The van der Waals surface area contributed by atoms with Gasteiger partial charge in [-0.1, -0.05) is 19.3 Å². The lowest BCUT2D eigenvalue weighted by Crippen LogP contribution is -2.36. The van der Waals surface area contributed by atoms with Crippen LogP contribution in [0.4, 0.5) is 0 Å². The van der Waals surface area contributed by atoms with Crippen molar-refractivity contribution in [2.75, 3.05) is 0 Å². The minimum Gasteiger partial charge on any atom is -0.393 e. The summed E-state index contributed by atoms with van der Waals surface area (Å²) in [4.78, 5) is 0. The van der Waals surface area contributed by atoms with Crippen molar-refractivity contribution in [1.29, 1.82) is 0 Å². The van der Waals surface area contributed by atoms with E-state index in [9.17, 15) is 5.11 Å². The molecule has 1 unspecified atom stereocenters. The van der Waals surface area contributed by atoms with Crippen LogP contribution < -0.4 is 5.73 Å². The van der Waals surface area contributed by atoms with Crippen LogP contribution in [0.25, 0.3) is 0 Å². The first kappa shape index (κ1) is 11.4. The van der Waals surface area contributed by atoms with Crippen LogP contribution in [0.1, 0.15) is 57.8 Å². The topological polar surface area (TPSA) is 46.2 Å². The largest absolute Gasteiger partial charge is 0.393 e. The fourth-order valence-electron chi connectivity index (χ4n) is 3.35. The fraction of sp³-hybridized carbons (Fsp3) is 1.00. The molecule has 0 aromatic carbocycles. The van der Waals surface area contributed by atoms with Gasteiger partial charge in [-0.15, -0.1) is 0 Å². The van der Waals surface area contributed by atoms with Crippen LogP contribution in [0.3, 0.4) is 0 Å². The lowest BCUT2D eigenvalue weighted by molar-refractivity contribution is 0.0167. The third-order valence-corrected chi connectivity index (χ3v) is 4.43. The predicted molar refractivity (Wildman–Crippen MR) is 62.5 cm³/mol. The van der Waals surface area contributed by atoms with Crippen LogP contribution in [0, 0.1) is 11.8 Å². The number of hydrogen-bond donors (Lipinski definition) is 2. The molecule has 0 spiro atoms. The van der Waals surface area contributed by atoms with E-state index in [2.05, 4.69) is 0 Å². The van der Waals surface area contributed by atoms with Crippen LogP contribution in [-0.4, -0.2) is 17.3 Å². The summed E-state index contributed by atoms with van der Waals surface area (Å²) in [6.07, 6.45) is 11.0. The second kappa shape index (κ2) is 5.31. The van der Waals surface area contributed by atoms with E-state index >= 15 is 0 Å². The van der Waals surface area contributed by atoms with Crippen molar-refractivity contribution in [1.82, 2.24) is 0 Å². The molecule has 0 aliphatic heterocycles. The van der Waals surface area contributed by atoms with Crippen LogP contribution in [-0.2, 0) is 0 Å². The SMILES string of the molecule is NC1CCC(C(O)C2CCCCC2)CC1. The molecule has 88 valence electrons. The Kier molecular flexibility index (Phi) is 4.04. The summed E-state index contributed by atoms with van der Waals surface area (Å²) in [7, 11) is 0. The van der Waals surface area contributed by atoms with Gasteiger partial charge in [0.05, 0.1) is 6.10 Å². The number of aliphatic hydroxyl groups excluding tert-OH is 1. The van der Waals surface area contributed by atoms with E-state index in [4.69, 9.17) is 5.73 Å². The van der Waals surface area contributed by atoms with Crippen LogP contribution in [0.15, 0.2) is 0 Å². The maximum Gasteiger partial charge on any atom is 0.0596 e. The third kappa shape index (κ3) is 2.94. The third-order valence-electron chi connectivity index (χ3n) is 4.43. The lowest BCUT2D eigenvalue weighted by Gasteiger charge is -2.35. The van der Waals surface area contributed by atoms with Crippen molar-refractivity contribution in [3.05, 3.63) is 0 Å². The normalized spacial score (nSPS) is 36.4. The summed E-state index contributed by atoms with van der Waals surface area (Å²) < 4.78 is 0. The van der Waals surface area contributed by atoms with Crippen molar-refractivity contribution >= 4 is 0 Å². The van der Waals surface area contributed by atoms with Crippen LogP contribution in [0.2, 0.25) is 0 Å². The minimum atomic E-state index is -0.0298. The maximum absolute atomic E-state index is 10.3. The molecule has 0 radical (unpaired) electrons. The minimum absolute atomic E-state index is 0.0298. The van der Waals surface area contributed by atoms with Crippen molar-refractivity contribution < 1.29 is 5.11 Å². The molecule has 0 amide bonds. The summed E-state index contributed by atoms with van der Waals surface area (Å²) in [5.41, 5.74) is 5.89. The highest BCUT2D eigenvalue weighted by Crippen LogP contribution is 2.35. The molecule has 0 aromatic rings. The zero-order chi connectivity index (χ0) is 10.7. The van der Waals surface area contributed by atoms with Gasteiger partial charge in [-0.05, 0) is 50.4 Å². The van der Waals surface area contributed by atoms with Crippen LogP contribution in [0.5, 0.6) is 0 Å². The monoisotopic (exact) mass is 211 g/mol. The Balaban J connectivity index is 1.81. The molecule has 0 heterocycles. The van der Waals surface area contributed by atoms with E-state index < -0.39 is 0 Å². The molecule has 0 saturated heterocycles. The van der Waals surface area contributed by atoms with Crippen molar-refractivity contribution in [3.63, 3.8) is 0 Å². The Morgan fingerprint density at radius 1 is 0.800 bits per heavy atom. The average Bonchev–Trinajstić information content (AvgIpc) is 2.30. The molecule has 15 heavy (non-hydrogen) atoms. The molecule has 2 fully saturated rings. The van der Waals surface area contributed by atoms with E-state index in [0.717, 1.165) is 25.7 Å². The molecule has 2 aliphatic rings. The van der Waals surface area contributed by atoms with Crippen molar-refractivity contribution in [2.24, 2.45) is 17.6 Å². The van der Waals surface area contributed by atoms with Gasteiger partial charge in [0.1, 0.15) is 0 Å². The molecule has 2 nitrogen and oxygen atoms in total. The molecule has 0 bridgehead atoms. The van der Waals surface area contributed by atoms with E-state index in [-0.39, 0.29) is 6.10 Å². The first-order chi connectivity index (χ1) is 7.27. The zero-order valence-electron chi connectivity index (χ0n) is 9.70. The van der Waals surface area contributed by atoms with Gasteiger partial charge in [-0.2, -0.15) is 0 Å². The smallest absolute Gasteiger partial charge is 0.0596 e. The number of hydrogen-bond acceptors (Lipinski definition) is 2. The van der Waals surface area contributed by atoms with Crippen molar-refractivity contribution in [2.45, 2.75) is 69.9 Å². The summed E-state index contributed by atoms with van der Waals surface area (Å²) in [6.45, 7) is 0. The maximum atomic E-state index is 10.3. The standard InChI is InChI=1S/C13H25NO/c14-12-8-6-11(7-9-12)13(15)10-4-2-1-3-5-10/h10-13,15H,1-9,14H2. The van der Waals surface area contributed by atoms with Gasteiger partial charge in [0.2, 0.25) is 0 Å². The Labute approximate surface area is 93.2 Å². The van der Waals surface area contributed by atoms with E-state index in [1.165, 1.54) is 32.1 Å². The van der Waals surface area contributed by atoms with Gasteiger partial charge >= 0.3 is 0 Å². The Morgan fingerprint density at radius 2 is 1.33 bits per heavy atom. The molecular weight excluding hydrogens is 186 g/mol. The van der Waals surface area contributed by atoms with E-state index in [1.807, 2.05) is 0 Å². The van der Waals surface area contributed by atoms with E-state index in [1.54, 1.807) is 0 Å². The summed E-state index contributed by atoms with van der Waals surface area (Å²) in [6, 6.07) is 0.403. The highest BCUT2D eigenvalue weighted by molar-refractivity contribution is 4.83. The molecule has 2 heteroatoms. The quantitative estimate of drug-likeness (QED) is 0.737.